The molecule has 2 rings (SSSR count). The Bertz CT molecular complexity index is 193. The molecule has 1 saturated heterocycles. The van der Waals surface area contributed by atoms with E-state index in [1.165, 1.54) is 19.3 Å². The molecule has 13 heavy (non-hydrogen) atoms. The lowest BCUT2D eigenvalue weighted by Crippen LogP contribution is -2.46. The summed E-state index contributed by atoms with van der Waals surface area (Å²) < 4.78 is 0. The van der Waals surface area contributed by atoms with Crippen molar-refractivity contribution in [3.8, 4) is 0 Å². The van der Waals surface area contributed by atoms with Gasteiger partial charge < -0.3 is 10.6 Å². The van der Waals surface area contributed by atoms with Gasteiger partial charge in [0.05, 0.1) is 0 Å². The SMILES string of the molecule is NC(=O)C1CCN(C2CCC2)CC1. The first kappa shape index (κ1) is 9.00. The molecular formula is C10H18N2O. The Balaban J connectivity index is 1.78. The molecular weight excluding hydrogens is 164 g/mol. The zero-order chi connectivity index (χ0) is 9.26. The summed E-state index contributed by atoms with van der Waals surface area (Å²) in [5, 5.41) is 0. The van der Waals surface area contributed by atoms with Gasteiger partial charge in [0.1, 0.15) is 0 Å². The van der Waals surface area contributed by atoms with E-state index < -0.39 is 0 Å². The van der Waals surface area contributed by atoms with Gasteiger partial charge in [0.2, 0.25) is 5.91 Å². The third-order valence-corrected chi connectivity index (χ3v) is 3.52. The van der Waals surface area contributed by atoms with E-state index in [1.54, 1.807) is 0 Å². The van der Waals surface area contributed by atoms with Crippen molar-refractivity contribution in [3.63, 3.8) is 0 Å². The predicted octanol–water partition coefficient (Wildman–Crippen LogP) is 0.736. The summed E-state index contributed by atoms with van der Waals surface area (Å²) in [5.74, 6) is 0.0459. The fourth-order valence-electron chi connectivity index (χ4n) is 2.30. The van der Waals surface area contributed by atoms with Crippen molar-refractivity contribution in [1.29, 1.82) is 0 Å². The summed E-state index contributed by atoms with van der Waals surface area (Å²) in [7, 11) is 0. The van der Waals surface area contributed by atoms with Crippen LogP contribution in [0.25, 0.3) is 0 Å². The number of amides is 1. The van der Waals surface area contributed by atoms with Crippen molar-refractivity contribution in [2.75, 3.05) is 13.1 Å². The van der Waals surface area contributed by atoms with Crippen LogP contribution < -0.4 is 5.73 Å². The summed E-state index contributed by atoms with van der Waals surface area (Å²) >= 11 is 0. The van der Waals surface area contributed by atoms with Crippen LogP contribution in [0.3, 0.4) is 0 Å². The summed E-state index contributed by atoms with van der Waals surface area (Å²) in [6.07, 6.45) is 6.07. The Morgan fingerprint density at radius 1 is 1.15 bits per heavy atom. The van der Waals surface area contributed by atoms with Crippen LogP contribution in [-0.4, -0.2) is 29.9 Å². The second kappa shape index (κ2) is 3.66. The fourth-order valence-corrected chi connectivity index (χ4v) is 2.30. The van der Waals surface area contributed by atoms with Crippen LogP contribution in [0.15, 0.2) is 0 Å². The van der Waals surface area contributed by atoms with Crippen LogP contribution in [0.5, 0.6) is 0 Å². The van der Waals surface area contributed by atoms with Crippen LogP contribution in [0, 0.1) is 5.92 Å². The second-order valence-electron chi connectivity index (χ2n) is 4.30. The van der Waals surface area contributed by atoms with Crippen molar-refractivity contribution in [3.05, 3.63) is 0 Å². The third-order valence-electron chi connectivity index (χ3n) is 3.52. The number of rotatable bonds is 2. The number of carbonyl (C=O) groups is 1. The van der Waals surface area contributed by atoms with Crippen LogP contribution in [0.2, 0.25) is 0 Å². The van der Waals surface area contributed by atoms with Gasteiger partial charge in [0.15, 0.2) is 0 Å². The van der Waals surface area contributed by atoms with Gasteiger partial charge in [0, 0.05) is 12.0 Å². The highest BCUT2D eigenvalue weighted by molar-refractivity contribution is 5.76. The van der Waals surface area contributed by atoms with Crippen molar-refractivity contribution in [1.82, 2.24) is 4.90 Å². The van der Waals surface area contributed by atoms with Crippen LogP contribution in [0.4, 0.5) is 0 Å². The molecule has 74 valence electrons. The first-order valence-corrected chi connectivity index (χ1v) is 5.31. The molecule has 0 spiro atoms. The lowest BCUT2D eigenvalue weighted by molar-refractivity contribution is -0.123. The average molecular weight is 182 g/mol. The van der Waals surface area contributed by atoms with E-state index in [0.29, 0.717) is 0 Å². The maximum absolute atomic E-state index is 10.9. The molecule has 2 fully saturated rings. The average Bonchev–Trinajstić information content (AvgIpc) is 2.02. The normalized spacial score (nSPS) is 27.1. The zero-order valence-corrected chi connectivity index (χ0v) is 8.04. The van der Waals surface area contributed by atoms with Gasteiger partial charge in [-0.2, -0.15) is 0 Å². The highest BCUT2D eigenvalue weighted by Gasteiger charge is 2.30. The number of nitrogens with zero attached hydrogens (tertiary/aromatic N) is 1. The Kier molecular flexibility index (Phi) is 2.54. The molecule has 0 unspecified atom stereocenters. The summed E-state index contributed by atoms with van der Waals surface area (Å²) in [5.41, 5.74) is 5.28. The van der Waals surface area contributed by atoms with E-state index in [9.17, 15) is 4.79 Å². The standard InChI is InChI=1S/C10H18N2O/c11-10(13)8-4-6-12(7-5-8)9-2-1-3-9/h8-9H,1-7H2,(H2,11,13). The van der Waals surface area contributed by atoms with Gasteiger partial charge in [-0.15, -0.1) is 0 Å². The number of hydrogen-bond acceptors (Lipinski definition) is 2. The smallest absolute Gasteiger partial charge is 0.220 e. The van der Waals surface area contributed by atoms with Gasteiger partial charge in [-0.25, -0.2) is 0 Å². The molecule has 0 radical (unpaired) electrons. The lowest BCUT2D eigenvalue weighted by Gasteiger charge is -2.41. The minimum Gasteiger partial charge on any atom is -0.369 e. The predicted molar refractivity (Wildman–Crippen MR) is 51.1 cm³/mol. The molecule has 0 bridgehead atoms. The maximum Gasteiger partial charge on any atom is 0.220 e. The number of nitrogens with two attached hydrogens (primary N) is 1. The molecule has 1 saturated carbocycles. The topological polar surface area (TPSA) is 46.3 Å². The first-order valence-electron chi connectivity index (χ1n) is 5.31. The van der Waals surface area contributed by atoms with Crippen LogP contribution in [0.1, 0.15) is 32.1 Å². The van der Waals surface area contributed by atoms with Gasteiger partial charge in [-0.3, -0.25) is 4.79 Å². The Hall–Kier alpha value is -0.570. The van der Waals surface area contributed by atoms with Crippen molar-refractivity contribution < 1.29 is 4.79 Å². The van der Waals surface area contributed by atoms with E-state index in [0.717, 1.165) is 32.0 Å². The lowest BCUT2D eigenvalue weighted by atomic mass is 9.88. The van der Waals surface area contributed by atoms with Gasteiger partial charge in [-0.1, -0.05) is 6.42 Å². The maximum atomic E-state index is 10.9. The first-order chi connectivity index (χ1) is 6.27. The van der Waals surface area contributed by atoms with E-state index in [2.05, 4.69) is 4.90 Å². The van der Waals surface area contributed by atoms with Gasteiger partial charge >= 0.3 is 0 Å². The Morgan fingerprint density at radius 3 is 2.15 bits per heavy atom. The Labute approximate surface area is 79.3 Å². The van der Waals surface area contributed by atoms with E-state index in [1.807, 2.05) is 0 Å². The molecule has 2 N–H and O–H groups in total. The number of primary amides is 1. The van der Waals surface area contributed by atoms with Gasteiger partial charge in [-0.05, 0) is 38.8 Å². The van der Waals surface area contributed by atoms with E-state index in [-0.39, 0.29) is 11.8 Å². The quantitative estimate of drug-likeness (QED) is 0.684. The molecule has 1 heterocycles. The molecule has 3 heteroatoms. The zero-order valence-electron chi connectivity index (χ0n) is 8.04. The van der Waals surface area contributed by atoms with Crippen molar-refractivity contribution in [2.24, 2.45) is 11.7 Å². The molecule has 2 aliphatic rings. The molecule has 3 nitrogen and oxygen atoms in total. The largest absolute Gasteiger partial charge is 0.369 e. The summed E-state index contributed by atoms with van der Waals surface area (Å²) in [6.45, 7) is 2.16. The van der Waals surface area contributed by atoms with E-state index >= 15 is 0 Å². The summed E-state index contributed by atoms with van der Waals surface area (Å²) in [6, 6.07) is 0.828. The van der Waals surface area contributed by atoms with Crippen LogP contribution in [-0.2, 0) is 4.79 Å². The van der Waals surface area contributed by atoms with Crippen molar-refractivity contribution >= 4 is 5.91 Å². The number of hydrogen-bond donors (Lipinski definition) is 1. The highest BCUT2D eigenvalue weighted by atomic mass is 16.1. The monoisotopic (exact) mass is 182 g/mol. The third kappa shape index (κ3) is 1.85. The minimum atomic E-state index is -0.103. The molecule has 0 atom stereocenters. The van der Waals surface area contributed by atoms with Crippen molar-refractivity contribution in [2.45, 2.75) is 38.1 Å². The highest BCUT2D eigenvalue weighted by Crippen LogP contribution is 2.28. The fraction of sp³-hybridized carbons (Fsp3) is 0.900. The number of likely N-dealkylation sites (tertiary alicyclic amines) is 1. The molecule has 0 aromatic rings. The molecule has 1 amide bonds. The molecule has 1 aliphatic heterocycles. The molecule has 1 aliphatic carbocycles. The van der Waals surface area contributed by atoms with Gasteiger partial charge in [0.25, 0.3) is 0 Å². The minimum absolute atomic E-state index is 0.103. The molecule has 0 aromatic carbocycles. The number of piperidine rings is 1. The second-order valence-corrected chi connectivity index (χ2v) is 4.30. The number of carbonyl (C=O) groups excluding carboxylic acids is 1. The van der Waals surface area contributed by atoms with E-state index in [4.69, 9.17) is 5.73 Å². The Morgan fingerprint density at radius 2 is 1.77 bits per heavy atom. The summed E-state index contributed by atoms with van der Waals surface area (Å²) in [4.78, 5) is 13.4. The van der Waals surface area contributed by atoms with Crippen LogP contribution >= 0.6 is 0 Å². The molecule has 0 aromatic heterocycles.